The summed E-state index contributed by atoms with van der Waals surface area (Å²) in [5, 5.41) is 3.89. The number of ketones is 1. The number of carbonyl (C=O) groups is 2. The number of esters is 1. The summed E-state index contributed by atoms with van der Waals surface area (Å²) in [6, 6.07) is 15.0. The summed E-state index contributed by atoms with van der Waals surface area (Å²) in [6.07, 6.45) is 0.200. The summed E-state index contributed by atoms with van der Waals surface area (Å²) in [6.45, 7) is 1.97. The average molecular weight is 355 g/mol. The van der Waals surface area contributed by atoms with E-state index >= 15 is 0 Å². The van der Waals surface area contributed by atoms with Crippen molar-refractivity contribution in [2.45, 2.75) is 26.4 Å². The molecule has 0 atom stereocenters. The van der Waals surface area contributed by atoms with Crippen LogP contribution in [0.15, 0.2) is 53.1 Å². The highest BCUT2D eigenvalue weighted by atomic mass is 32.1. The molecule has 5 nitrogen and oxygen atoms in total. The molecule has 0 aliphatic heterocycles. The van der Waals surface area contributed by atoms with Gasteiger partial charge in [0.05, 0.1) is 11.3 Å². The molecule has 0 bridgehead atoms. The monoisotopic (exact) mass is 355 g/mol. The molecule has 0 saturated carbocycles. The molecular formula is C19H17NO4S. The standard InChI is InChI=1S/C19H17NO4S/c1-13-7-9-18(25-13)16(21)8-10-19(22)23-12-15-11-17(24-20-15)14-5-3-2-4-6-14/h2-7,9,11H,8,10,12H2,1H3. The quantitative estimate of drug-likeness (QED) is 0.463. The lowest BCUT2D eigenvalue weighted by Crippen LogP contribution is -2.07. The fourth-order valence-electron chi connectivity index (χ4n) is 2.27. The number of carbonyl (C=O) groups excluding carboxylic acids is 2. The van der Waals surface area contributed by atoms with Crippen LogP contribution in [0.1, 0.15) is 33.1 Å². The predicted molar refractivity (Wildman–Crippen MR) is 94.4 cm³/mol. The average Bonchev–Trinajstić information content (AvgIpc) is 3.28. The van der Waals surface area contributed by atoms with Gasteiger partial charge >= 0.3 is 5.97 Å². The van der Waals surface area contributed by atoms with Crippen LogP contribution in [0.4, 0.5) is 0 Å². The van der Waals surface area contributed by atoms with Crippen molar-refractivity contribution in [3.8, 4) is 11.3 Å². The maximum Gasteiger partial charge on any atom is 0.306 e. The number of benzene rings is 1. The largest absolute Gasteiger partial charge is 0.459 e. The molecule has 0 spiro atoms. The zero-order valence-electron chi connectivity index (χ0n) is 13.7. The first kappa shape index (κ1) is 17.1. The van der Waals surface area contributed by atoms with Gasteiger partial charge in [0.2, 0.25) is 0 Å². The zero-order chi connectivity index (χ0) is 17.6. The minimum Gasteiger partial charge on any atom is -0.459 e. The van der Waals surface area contributed by atoms with Crippen LogP contribution in [-0.2, 0) is 16.1 Å². The molecule has 3 aromatic rings. The molecule has 0 radical (unpaired) electrons. The van der Waals surface area contributed by atoms with Gasteiger partial charge in [-0.2, -0.15) is 0 Å². The SMILES string of the molecule is Cc1ccc(C(=O)CCC(=O)OCc2cc(-c3ccccc3)on2)s1. The van der Waals surface area contributed by atoms with Gasteiger partial charge in [-0.15, -0.1) is 11.3 Å². The Labute approximate surface area is 149 Å². The van der Waals surface area contributed by atoms with Gasteiger partial charge in [-0.05, 0) is 19.1 Å². The molecule has 0 amide bonds. The van der Waals surface area contributed by atoms with Gasteiger partial charge in [0, 0.05) is 22.9 Å². The number of ether oxygens (including phenoxy) is 1. The normalized spacial score (nSPS) is 10.6. The Morgan fingerprint density at radius 2 is 1.92 bits per heavy atom. The fraction of sp³-hybridized carbons (Fsp3) is 0.211. The molecule has 1 aromatic carbocycles. The lowest BCUT2D eigenvalue weighted by atomic mass is 10.2. The second-order valence-corrected chi connectivity index (χ2v) is 6.83. The van der Waals surface area contributed by atoms with Crippen molar-refractivity contribution in [3.63, 3.8) is 0 Å². The second-order valence-electron chi connectivity index (χ2n) is 5.54. The second kappa shape index (κ2) is 7.90. The van der Waals surface area contributed by atoms with Gasteiger partial charge in [0.1, 0.15) is 12.3 Å². The molecule has 25 heavy (non-hydrogen) atoms. The molecule has 0 N–H and O–H groups in total. The number of Topliss-reactive ketones (excluding diaryl/α,β-unsaturated/α-hetero) is 1. The molecule has 128 valence electrons. The zero-order valence-corrected chi connectivity index (χ0v) is 14.5. The summed E-state index contributed by atoms with van der Waals surface area (Å²) in [5.41, 5.74) is 1.44. The number of hydrogen-bond acceptors (Lipinski definition) is 6. The molecule has 0 fully saturated rings. The Balaban J connectivity index is 1.46. The predicted octanol–water partition coefficient (Wildman–Crippen LogP) is 4.42. The molecule has 0 saturated heterocycles. The fourth-order valence-corrected chi connectivity index (χ4v) is 3.10. The van der Waals surface area contributed by atoms with Gasteiger partial charge in [0.25, 0.3) is 0 Å². The Morgan fingerprint density at radius 1 is 1.12 bits per heavy atom. The Hall–Kier alpha value is -2.73. The Kier molecular flexibility index (Phi) is 5.40. The Morgan fingerprint density at radius 3 is 2.64 bits per heavy atom. The lowest BCUT2D eigenvalue weighted by Gasteiger charge is -2.01. The third-order valence-corrected chi connectivity index (χ3v) is 4.61. The van der Waals surface area contributed by atoms with E-state index in [-0.39, 0.29) is 25.2 Å². The first-order chi connectivity index (χ1) is 12.1. The van der Waals surface area contributed by atoms with Crippen molar-refractivity contribution >= 4 is 23.1 Å². The Bertz CT molecular complexity index is 866. The molecular weight excluding hydrogens is 338 g/mol. The summed E-state index contributed by atoms with van der Waals surface area (Å²) in [7, 11) is 0. The summed E-state index contributed by atoms with van der Waals surface area (Å²) in [4.78, 5) is 25.5. The maximum atomic E-state index is 12.0. The highest BCUT2D eigenvalue weighted by Crippen LogP contribution is 2.20. The highest BCUT2D eigenvalue weighted by molar-refractivity contribution is 7.14. The molecule has 2 heterocycles. The van der Waals surface area contributed by atoms with E-state index in [2.05, 4.69) is 5.16 Å². The third kappa shape index (κ3) is 4.64. The van der Waals surface area contributed by atoms with Gasteiger partial charge < -0.3 is 9.26 Å². The van der Waals surface area contributed by atoms with E-state index in [9.17, 15) is 9.59 Å². The topological polar surface area (TPSA) is 69.4 Å². The minimum atomic E-state index is -0.425. The van der Waals surface area contributed by atoms with Crippen LogP contribution in [0, 0.1) is 6.92 Å². The molecule has 0 unspecified atom stereocenters. The van der Waals surface area contributed by atoms with E-state index in [1.807, 2.05) is 43.3 Å². The van der Waals surface area contributed by atoms with Crippen molar-refractivity contribution in [1.82, 2.24) is 5.16 Å². The van der Waals surface area contributed by atoms with Crippen LogP contribution >= 0.6 is 11.3 Å². The van der Waals surface area contributed by atoms with E-state index in [0.29, 0.717) is 16.3 Å². The first-order valence-electron chi connectivity index (χ1n) is 7.88. The van der Waals surface area contributed by atoms with Gasteiger partial charge in [-0.1, -0.05) is 35.5 Å². The van der Waals surface area contributed by atoms with Crippen molar-refractivity contribution in [2.75, 3.05) is 0 Å². The first-order valence-corrected chi connectivity index (χ1v) is 8.70. The number of aromatic nitrogens is 1. The van der Waals surface area contributed by atoms with E-state index in [1.54, 1.807) is 12.1 Å². The third-order valence-electron chi connectivity index (χ3n) is 3.57. The van der Waals surface area contributed by atoms with Crippen LogP contribution in [-0.4, -0.2) is 16.9 Å². The molecule has 3 rings (SSSR count). The van der Waals surface area contributed by atoms with Gasteiger partial charge in [-0.25, -0.2) is 0 Å². The number of nitrogens with zero attached hydrogens (tertiary/aromatic N) is 1. The van der Waals surface area contributed by atoms with Crippen LogP contribution in [0.25, 0.3) is 11.3 Å². The van der Waals surface area contributed by atoms with Crippen molar-refractivity contribution < 1.29 is 18.8 Å². The molecule has 0 aliphatic rings. The lowest BCUT2D eigenvalue weighted by molar-refractivity contribution is -0.145. The van der Waals surface area contributed by atoms with Gasteiger partial charge in [0.15, 0.2) is 11.5 Å². The van der Waals surface area contributed by atoms with Crippen LogP contribution in [0.5, 0.6) is 0 Å². The maximum absolute atomic E-state index is 12.0. The number of hydrogen-bond donors (Lipinski definition) is 0. The van der Waals surface area contributed by atoms with Gasteiger partial charge in [-0.3, -0.25) is 9.59 Å². The van der Waals surface area contributed by atoms with E-state index in [4.69, 9.17) is 9.26 Å². The number of thiophene rings is 1. The minimum absolute atomic E-state index is 0.0292. The van der Waals surface area contributed by atoms with Crippen LogP contribution in [0.2, 0.25) is 0 Å². The van der Waals surface area contributed by atoms with Crippen LogP contribution < -0.4 is 0 Å². The summed E-state index contributed by atoms with van der Waals surface area (Å²) in [5.74, 6) is 0.156. The van der Waals surface area contributed by atoms with Crippen molar-refractivity contribution in [1.29, 1.82) is 0 Å². The van der Waals surface area contributed by atoms with Crippen LogP contribution in [0.3, 0.4) is 0 Å². The molecule has 2 aromatic heterocycles. The van der Waals surface area contributed by atoms with Crippen molar-refractivity contribution in [2.24, 2.45) is 0 Å². The number of rotatable bonds is 7. The number of aryl methyl sites for hydroxylation is 1. The summed E-state index contributed by atoms with van der Waals surface area (Å²) >= 11 is 1.43. The van der Waals surface area contributed by atoms with E-state index < -0.39 is 5.97 Å². The van der Waals surface area contributed by atoms with E-state index in [1.165, 1.54) is 11.3 Å². The van der Waals surface area contributed by atoms with Crippen molar-refractivity contribution in [3.05, 3.63) is 64.0 Å². The summed E-state index contributed by atoms with van der Waals surface area (Å²) < 4.78 is 10.4. The van der Waals surface area contributed by atoms with E-state index in [0.717, 1.165) is 10.4 Å². The molecule has 6 heteroatoms. The highest BCUT2D eigenvalue weighted by Gasteiger charge is 2.13. The smallest absolute Gasteiger partial charge is 0.306 e. The molecule has 0 aliphatic carbocycles.